The van der Waals surface area contributed by atoms with Crippen LogP contribution in [-0.2, 0) is 0 Å². The molecule has 8 heteroatoms. The molecule has 0 bridgehead atoms. The van der Waals surface area contributed by atoms with Gasteiger partial charge in [-0.25, -0.2) is 4.79 Å². The molecule has 3 aromatic rings. The first-order valence-electron chi connectivity index (χ1n) is 7.17. The summed E-state index contributed by atoms with van der Waals surface area (Å²) >= 11 is 2.17. The Labute approximate surface area is 156 Å². The lowest BCUT2D eigenvalue weighted by molar-refractivity contribution is -0.384. The number of carboxylic acid groups (broad SMARTS) is 1. The number of nitro benzene ring substituents is 1. The normalized spacial score (nSPS) is 10.4. The van der Waals surface area contributed by atoms with Gasteiger partial charge in [0.15, 0.2) is 0 Å². The standard InChI is InChI=1S/C17H12IN3O4/c18-11-3-5-12(6-4-11)19-14-10-15(20-7-1-2-8-20)16(21(24)25)9-13(14)17(22)23/h1-10,19H,(H,22,23). The number of halogens is 1. The maximum absolute atomic E-state index is 11.6. The number of aromatic nitrogens is 1. The summed E-state index contributed by atoms with van der Waals surface area (Å²) in [6, 6.07) is 13.4. The van der Waals surface area contributed by atoms with Gasteiger partial charge in [0.1, 0.15) is 5.69 Å². The van der Waals surface area contributed by atoms with Crippen molar-refractivity contribution in [2.45, 2.75) is 0 Å². The fourth-order valence-electron chi connectivity index (χ4n) is 2.39. The van der Waals surface area contributed by atoms with Gasteiger partial charge in [-0.3, -0.25) is 10.1 Å². The molecule has 0 aliphatic rings. The van der Waals surface area contributed by atoms with Crippen LogP contribution in [0.5, 0.6) is 0 Å². The van der Waals surface area contributed by atoms with Crippen LogP contribution in [-0.4, -0.2) is 20.6 Å². The van der Waals surface area contributed by atoms with Gasteiger partial charge in [-0.15, -0.1) is 0 Å². The van der Waals surface area contributed by atoms with Gasteiger partial charge in [0.2, 0.25) is 0 Å². The first-order valence-corrected chi connectivity index (χ1v) is 8.25. The third-order valence-electron chi connectivity index (χ3n) is 3.55. The fraction of sp³-hybridized carbons (Fsp3) is 0. The predicted octanol–water partition coefficient (Wildman–Crippen LogP) is 4.43. The molecule has 7 nitrogen and oxygen atoms in total. The quantitative estimate of drug-likeness (QED) is 0.341. The van der Waals surface area contributed by atoms with Gasteiger partial charge in [-0.1, -0.05) is 0 Å². The van der Waals surface area contributed by atoms with Crippen molar-refractivity contribution in [3.63, 3.8) is 0 Å². The third kappa shape index (κ3) is 3.63. The van der Waals surface area contributed by atoms with E-state index in [-0.39, 0.29) is 22.6 Å². The minimum atomic E-state index is -1.24. The minimum absolute atomic E-state index is 0.166. The lowest BCUT2D eigenvalue weighted by atomic mass is 10.1. The average Bonchev–Trinajstić information content (AvgIpc) is 3.10. The third-order valence-corrected chi connectivity index (χ3v) is 4.27. The highest BCUT2D eigenvalue weighted by molar-refractivity contribution is 14.1. The summed E-state index contributed by atoms with van der Waals surface area (Å²) in [5.41, 5.74) is 0.814. The smallest absolute Gasteiger partial charge is 0.338 e. The van der Waals surface area contributed by atoms with E-state index in [1.165, 1.54) is 6.07 Å². The summed E-state index contributed by atoms with van der Waals surface area (Å²) in [6.45, 7) is 0. The molecule has 0 saturated carbocycles. The predicted molar refractivity (Wildman–Crippen MR) is 102 cm³/mol. The lowest BCUT2D eigenvalue weighted by Crippen LogP contribution is -2.07. The largest absolute Gasteiger partial charge is 0.478 e. The Balaban J connectivity index is 2.15. The Hall–Kier alpha value is -2.88. The second kappa shape index (κ2) is 6.93. The van der Waals surface area contributed by atoms with E-state index in [2.05, 4.69) is 27.9 Å². The molecule has 2 aromatic carbocycles. The number of benzene rings is 2. The van der Waals surface area contributed by atoms with E-state index < -0.39 is 10.9 Å². The Morgan fingerprint density at radius 3 is 2.36 bits per heavy atom. The molecule has 0 saturated heterocycles. The van der Waals surface area contributed by atoms with Crippen molar-refractivity contribution in [2.24, 2.45) is 0 Å². The topological polar surface area (TPSA) is 97.4 Å². The number of nitrogens with zero attached hydrogens (tertiary/aromatic N) is 2. The molecule has 1 heterocycles. The van der Waals surface area contributed by atoms with Crippen LogP contribution >= 0.6 is 22.6 Å². The number of nitrogens with one attached hydrogen (secondary N) is 1. The molecular formula is C17H12IN3O4. The van der Waals surface area contributed by atoms with E-state index in [1.54, 1.807) is 29.1 Å². The Kier molecular flexibility index (Phi) is 4.70. The highest BCUT2D eigenvalue weighted by atomic mass is 127. The SMILES string of the molecule is O=C(O)c1cc([N+](=O)[O-])c(-n2cccc2)cc1Nc1ccc(I)cc1. The number of rotatable bonds is 5. The van der Waals surface area contributed by atoms with E-state index in [0.717, 1.165) is 9.64 Å². The van der Waals surface area contributed by atoms with Crippen LogP contribution < -0.4 is 5.32 Å². The maximum atomic E-state index is 11.6. The number of hydrogen-bond donors (Lipinski definition) is 2. The molecule has 0 unspecified atom stereocenters. The van der Waals surface area contributed by atoms with Crippen molar-refractivity contribution < 1.29 is 14.8 Å². The molecule has 25 heavy (non-hydrogen) atoms. The second-order valence-electron chi connectivity index (χ2n) is 5.17. The first-order chi connectivity index (χ1) is 12.0. The molecule has 1 aromatic heterocycles. The van der Waals surface area contributed by atoms with Gasteiger partial charge in [0, 0.05) is 27.7 Å². The van der Waals surface area contributed by atoms with Crippen LogP contribution in [0.3, 0.4) is 0 Å². The monoisotopic (exact) mass is 449 g/mol. The Bertz CT molecular complexity index is 937. The highest BCUT2D eigenvalue weighted by Gasteiger charge is 2.22. The summed E-state index contributed by atoms with van der Waals surface area (Å²) in [7, 11) is 0. The zero-order chi connectivity index (χ0) is 18.0. The van der Waals surface area contributed by atoms with Gasteiger partial charge in [-0.2, -0.15) is 0 Å². The molecule has 0 fully saturated rings. The molecular weight excluding hydrogens is 437 g/mol. The van der Waals surface area contributed by atoms with E-state index in [9.17, 15) is 20.0 Å². The molecule has 0 spiro atoms. The number of hydrogen-bond acceptors (Lipinski definition) is 4. The molecule has 3 rings (SSSR count). The Morgan fingerprint density at radius 2 is 1.80 bits per heavy atom. The number of anilines is 2. The van der Waals surface area contributed by atoms with Crippen LogP contribution in [0.4, 0.5) is 17.1 Å². The fourth-order valence-corrected chi connectivity index (χ4v) is 2.75. The van der Waals surface area contributed by atoms with Gasteiger partial charge < -0.3 is 15.0 Å². The lowest BCUT2D eigenvalue weighted by Gasteiger charge is -2.13. The van der Waals surface area contributed by atoms with Crippen molar-refractivity contribution in [1.82, 2.24) is 4.57 Å². The van der Waals surface area contributed by atoms with Crippen LogP contribution in [0.2, 0.25) is 0 Å². The highest BCUT2D eigenvalue weighted by Crippen LogP contribution is 2.32. The van der Waals surface area contributed by atoms with Crippen LogP contribution in [0.1, 0.15) is 10.4 Å². The van der Waals surface area contributed by atoms with Crippen LogP contribution in [0, 0.1) is 13.7 Å². The van der Waals surface area contributed by atoms with Crippen LogP contribution in [0.15, 0.2) is 60.9 Å². The van der Waals surface area contributed by atoms with Gasteiger partial charge in [-0.05, 0) is 65.1 Å². The molecule has 0 amide bonds. The molecule has 0 aliphatic heterocycles. The summed E-state index contributed by atoms with van der Waals surface area (Å²) in [5, 5.41) is 23.9. The molecule has 126 valence electrons. The number of carbonyl (C=O) groups is 1. The van der Waals surface area contributed by atoms with Crippen molar-refractivity contribution in [1.29, 1.82) is 0 Å². The minimum Gasteiger partial charge on any atom is -0.478 e. The van der Waals surface area contributed by atoms with E-state index in [1.807, 2.05) is 24.3 Å². The van der Waals surface area contributed by atoms with Gasteiger partial charge in [0.25, 0.3) is 5.69 Å². The second-order valence-corrected chi connectivity index (χ2v) is 6.42. The number of aromatic carboxylic acids is 1. The maximum Gasteiger partial charge on any atom is 0.338 e. The van der Waals surface area contributed by atoms with Crippen molar-refractivity contribution in [3.8, 4) is 5.69 Å². The first kappa shape index (κ1) is 17.0. The van der Waals surface area contributed by atoms with Crippen molar-refractivity contribution in [3.05, 3.63) is 80.2 Å². The van der Waals surface area contributed by atoms with E-state index in [0.29, 0.717) is 5.69 Å². The summed E-state index contributed by atoms with van der Waals surface area (Å²) < 4.78 is 2.61. The zero-order valence-corrected chi connectivity index (χ0v) is 14.9. The summed E-state index contributed by atoms with van der Waals surface area (Å²) in [5.74, 6) is -1.24. The zero-order valence-electron chi connectivity index (χ0n) is 12.7. The van der Waals surface area contributed by atoms with E-state index in [4.69, 9.17) is 0 Å². The molecule has 0 atom stereocenters. The molecule has 2 N–H and O–H groups in total. The number of carboxylic acids is 1. The van der Waals surface area contributed by atoms with Crippen LogP contribution in [0.25, 0.3) is 5.69 Å². The molecule has 0 aliphatic carbocycles. The molecule has 0 radical (unpaired) electrons. The van der Waals surface area contributed by atoms with Crippen molar-refractivity contribution >= 4 is 45.6 Å². The average molecular weight is 449 g/mol. The van der Waals surface area contributed by atoms with Gasteiger partial charge in [0.05, 0.1) is 16.2 Å². The number of nitro groups is 1. The Morgan fingerprint density at radius 1 is 1.16 bits per heavy atom. The van der Waals surface area contributed by atoms with Gasteiger partial charge >= 0.3 is 5.97 Å². The summed E-state index contributed by atoms with van der Waals surface area (Å²) in [4.78, 5) is 22.4. The summed E-state index contributed by atoms with van der Waals surface area (Å²) in [6.07, 6.45) is 3.33. The van der Waals surface area contributed by atoms with Crippen molar-refractivity contribution in [2.75, 3.05) is 5.32 Å². The van der Waals surface area contributed by atoms with E-state index >= 15 is 0 Å².